The van der Waals surface area contributed by atoms with E-state index in [2.05, 4.69) is 21.2 Å². The minimum atomic E-state index is -0.886. The molecule has 8 nitrogen and oxygen atoms in total. The highest BCUT2D eigenvalue weighted by Crippen LogP contribution is 2.17. The number of halogens is 1. The molecule has 0 aliphatic heterocycles. The summed E-state index contributed by atoms with van der Waals surface area (Å²) in [5.74, 6) is -1.65. The summed E-state index contributed by atoms with van der Waals surface area (Å²) in [4.78, 5) is 36.0. The zero-order chi connectivity index (χ0) is 24.2. The van der Waals surface area contributed by atoms with Crippen molar-refractivity contribution in [3.05, 3.63) is 95.0 Å². The van der Waals surface area contributed by atoms with E-state index in [1.54, 1.807) is 48.5 Å². The average Bonchev–Trinajstić information content (AvgIpc) is 2.84. The monoisotopic (exact) mass is 478 g/mol. The Morgan fingerprint density at radius 2 is 1.68 bits per heavy atom. The van der Waals surface area contributed by atoms with Crippen LogP contribution >= 0.6 is 11.6 Å². The Bertz CT molecular complexity index is 1170. The Labute approximate surface area is 202 Å². The molecule has 3 amide bonds. The van der Waals surface area contributed by atoms with Gasteiger partial charge in [-0.2, -0.15) is 5.10 Å². The third-order valence-corrected chi connectivity index (χ3v) is 4.74. The summed E-state index contributed by atoms with van der Waals surface area (Å²) in [5, 5.41) is 9.55. The lowest BCUT2D eigenvalue weighted by molar-refractivity contribution is -0.139. The maximum absolute atomic E-state index is 12.1. The van der Waals surface area contributed by atoms with Gasteiger partial charge >= 0.3 is 11.8 Å². The lowest BCUT2D eigenvalue weighted by atomic mass is 10.1. The van der Waals surface area contributed by atoms with Crippen LogP contribution in [0.4, 0.5) is 5.69 Å². The fourth-order valence-corrected chi connectivity index (χ4v) is 3.07. The summed E-state index contributed by atoms with van der Waals surface area (Å²) in [7, 11) is 0. The molecule has 3 aromatic rings. The van der Waals surface area contributed by atoms with Gasteiger partial charge in [0.25, 0.3) is 5.91 Å². The van der Waals surface area contributed by atoms with Gasteiger partial charge in [-0.25, -0.2) is 5.43 Å². The maximum atomic E-state index is 12.1. The molecule has 0 saturated carbocycles. The molecule has 0 aliphatic carbocycles. The number of anilines is 1. The van der Waals surface area contributed by atoms with Crippen LogP contribution in [0.2, 0.25) is 5.02 Å². The van der Waals surface area contributed by atoms with Crippen LogP contribution in [0.5, 0.6) is 5.75 Å². The van der Waals surface area contributed by atoms with Gasteiger partial charge in [0.05, 0.1) is 6.21 Å². The first kappa shape index (κ1) is 24.5. The average molecular weight is 479 g/mol. The second-order valence-corrected chi connectivity index (χ2v) is 7.51. The number of hydrazone groups is 1. The number of hydrogen-bond acceptors (Lipinski definition) is 5. The van der Waals surface area contributed by atoms with Crippen molar-refractivity contribution in [1.29, 1.82) is 0 Å². The van der Waals surface area contributed by atoms with Crippen LogP contribution in [0.15, 0.2) is 84.0 Å². The number of hydrogen-bond donors (Lipinski definition) is 3. The molecule has 34 heavy (non-hydrogen) atoms. The lowest BCUT2D eigenvalue weighted by Gasteiger charge is -2.09. The van der Waals surface area contributed by atoms with Gasteiger partial charge in [-0.1, -0.05) is 60.1 Å². The van der Waals surface area contributed by atoms with Crippen molar-refractivity contribution in [3.63, 3.8) is 0 Å². The van der Waals surface area contributed by atoms with E-state index in [9.17, 15) is 14.4 Å². The number of para-hydroxylation sites is 1. The largest absolute Gasteiger partial charge is 0.483 e. The van der Waals surface area contributed by atoms with Crippen LogP contribution in [0.1, 0.15) is 11.1 Å². The first-order valence-corrected chi connectivity index (χ1v) is 10.8. The van der Waals surface area contributed by atoms with Gasteiger partial charge in [0.2, 0.25) is 0 Å². The molecule has 0 fully saturated rings. The highest BCUT2D eigenvalue weighted by molar-refractivity contribution is 6.35. The second-order valence-electron chi connectivity index (χ2n) is 7.08. The Balaban J connectivity index is 1.46. The standard InChI is InChI=1S/C25H23ClN4O4/c26-20-10-6-11-21(15-20)29-23(31)17-34-22-12-5-4-9-19(22)16-28-30-25(33)24(32)27-14-13-18-7-2-1-3-8-18/h1-12,15-16H,13-14,17H2,(H,27,32)(H,29,31)(H,30,33)/b28-16-. The van der Waals surface area contributed by atoms with E-state index >= 15 is 0 Å². The molecule has 3 aromatic carbocycles. The normalized spacial score (nSPS) is 10.5. The van der Waals surface area contributed by atoms with E-state index in [1.807, 2.05) is 30.3 Å². The number of carbonyl (C=O) groups is 3. The van der Waals surface area contributed by atoms with E-state index < -0.39 is 11.8 Å². The summed E-state index contributed by atoms with van der Waals surface area (Å²) in [6.45, 7) is 0.0848. The Morgan fingerprint density at radius 1 is 0.912 bits per heavy atom. The minimum absolute atomic E-state index is 0.243. The van der Waals surface area contributed by atoms with Crippen molar-refractivity contribution in [2.45, 2.75) is 6.42 Å². The third-order valence-electron chi connectivity index (χ3n) is 4.50. The first-order valence-electron chi connectivity index (χ1n) is 10.4. The van der Waals surface area contributed by atoms with Crippen LogP contribution in [0, 0.1) is 0 Å². The molecule has 174 valence electrons. The van der Waals surface area contributed by atoms with Gasteiger partial charge in [-0.15, -0.1) is 0 Å². The highest BCUT2D eigenvalue weighted by Gasteiger charge is 2.12. The zero-order valence-corrected chi connectivity index (χ0v) is 18.9. The minimum Gasteiger partial charge on any atom is -0.483 e. The SMILES string of the molecule is O=C(COc1ccccc1/C=N\NC(=O)C(=O)NCCc1ccccc1)Nc1cccc(Cl)c1. The molecular weight excluding hydrogens is 456 g/mol. The van der Waals surface area contributed by atoms with Gasteiger partial charge < -0.3 is 15.4 Å². The Kier molecular flexibility index (Phi) is 9.19. The summed E-state index contributed by atoms with van der Waals surface area (Å²) >= 11 is 5.91. The summed E-state index contributed by atoms with van der Waals surface area (Å²) in [6.07, 6.45) is 1.94. The van der Waals surface area contributed by atoms with E-state index in [-0.39, 0.29) is 12.5 Å². The molecule has 3 rings (SSSR count). The quantitative estimate of drug-likeness (QED) is 0.249. The fraction of sp³-hybridized carbons (Fsp3) is 0.120. The molecule has 0 bridgehead atoms. The maximum Gasteiger partial charge on any atom is 0.329 e. The molecule has 0 aromatic heterocycles. The molecule has 9 heteroatoms. The van der Waals surface area contributed by atoms with Crippen LogP contribution in [0.3, 0.4) is 0 Å². The van der Waals surface area contributed by atoms with Gasteiger partial charge in [0.15, 0.2) is 6.61 Å². The zero-order valence-electron chi connectivity index (χ0n) is 18.2. The van der Waals surface area contributed by atoms with Gasteiger partial charge in [-0.3, -0.25) is 14.4 Å². The van der Waals surface area contributed by atoms with Crippen molar-refractivity contribution in [1.82, 2.24) is 10.7 Å². The number of nitrogens with one attached hydrogen (secondary N) is 3. The number of nitrogens with zero attached hydrogens (tertiary/aromatic N) is 1. The van der Waals surface area contributed by atoms with Crippen molar-refractivity contribution in [3.8, 4) is 5.75 Å². The van der Waals surface area contributed by atoms with E-state index in [0.717, 1.165) is 5.56 Å². The molecule has 0 heterocycles. The highest BCUT2D eigenvalue weighted by atomic mass is 35.5. The molecule has 0 aliphatic rings. The van der Waals surface area contributed by atoms with Crippen LogP contribution in [-0.4, -0.2) is 37.1 Å². The van der Waals surface area contributed by atoms with E-state index in [0.29, 0.717) is 35.0 Å². The van der Waals surface area contributed by atoms with E-state index in [1.165, 1.54) is 6.21 Å². The Morgan fingerprint density at radius 3 is 2.47 bits per heavy atom. The van der Waals surface area contributed by atoms with Crippen LogP contribution in [0.25, 0.3) is 0 Å². The molecule has 0 saturated heterocycles. The van der Waals surface area contributed by atoms with Gasteiger partial charge in [-0.05, 0) is 42.3 Å². The molecule has 0 radical (unpaired) electrons. The second kappa shape index (κ2) is 12.8. The molecule has 0 unspecified atom stereocenters. The van der Waals surface area contributed by atoms with Crippen molar-refractivity contribution >= 4 is 41.2 Å². The lowest BCUT2D eigenvalue weighted by Crippen LogP contribution is -2.38. The predicted octanol–water partition coefficient (Wildman–Crippen LogP) is 3.17. The predicted molar refractivity (Wildman–Crippen MR) is 131 cm³/mol. The van der Waals surface area contributed by atoms with Crippen LogP contribution < -0.4 is 20.8 Å². The topological polar surface area (TPSA) is 109 Å². The van der Waals surface area contributed by atoms with Crippen molar-refractivity contribution < 1.29 is 19.1 Å². The number of rotatable bonds is 9. The van der Waals surface area contributed by atoms with Gasteiger partial charge in [0.1, 0.15) is 5.75 Å². The molecule has 0 atom stereocenters. The molecular formula is C25H23ClN4O4. The molecule has 0 spiro atoms. The number of carbonyl (C=O) groups excluding carboxylic acids is 3. The van der Waals surface area contributed by atoms with Gasteiger partial charge in [0, 0.05) is 22.8 Å². The smallest absolute Gasteiger partial charge is 0.329 e. The van der Waals surface area contributed by atoms with E-state index in [4.69, 9.17) is 16.3 Å². The fourth-order valence-electron chi connectivity index (χ4n) is 2.88. The third kappa shape index (κ3) is 8.07. The van der Waals surface area contributed by atoms with Crippen molar-refractivity contribution in [2.24, 2.45) is 5.10 Å². The first-order chi connectivity index (χ1) is 16.5. The number of amides is 3. The Hall–Kier alpha value is -4.17. The summed E-state index contributed by atoms with van der Waals surface area (Å²) < 4.78 is 5.57. The summed E-state index contributed by atoms with van der Waals surface area (Å²) in [6, 6.07) is 23.2. The molecule has 3 N–H and O–H groups in total. The van der Waals surface area contributed by atoms with Crippen molar-refractivity contribution in [2.75, 3.05) is 18.5 Å². The summed E-state index contributed by atoms with van der Waals surface area (Å²) in [5.41, 5.74) is 4.31. The number of benzene rings is 3. The van der Waals surface area contributed by atoms with Crippen LogP contribution in [-0.2, 0) is 20.8 Å². The number of ether oxygens (including phenoxy) is 1.